The Hall–Kier alpha value is -7.48. The first kappa shape index (κ1) is 41.2. The second kappa shape index (κ2) is 18.2. The van der Waals surface area contributed by atoms with Crippen LogP contribution >= 0.6 is 15.8 Å². The zero-order valence-electron chi connectivity index (χ0n) is 35.8. The highest BCUT2D eigenvalue weighted by molar-refractivity contribution is 7.80. The molecule has 10 aromatic rings. The highest BCUT2D eigenvalue weighted by Crippen LogP contribution is 2.53. The first-order valence-corrected chi connectivity index (χ1v) is 24.7. The lowest BCUT2D eigenvalue weighted by Gasteiger charge is -2.36. The second-order valence-electron chi connectivity index (χ2n) is 16.2. The molecule has 11 rings (SSSR count). The van der Waals surface area contributed by atoms with Crippen LogP contribution in [0, 0.1) is 0 Å². The SMILES string of the molecule is O=C(O[C@@H]1c2ccc3ccccc3c2-c2c(ccc3ccccc23)[C@H]1OC(=O)c1ccccc1P(c1ccccc1)c1ccccc1)c1ccccc1P(c1ccccc1)c1ccccc1. The van der Waals surface area contributed by atoms with E-state index in [1.807, 2.05) is 158 Å². The van der Waals surface area contributed by atoms with Gasteiger partial charge in [-0.05, 0) is 92.5 Å². The highest BCUT2D eigenvalue weighted by Gasteiger charge is 2.42. The van der Waals surface area contributed by atoms with E-state index in [2.05, 4.69) is 84.9 Å². The van der Waals surface area contributed by atoms with Crippen LogP contribution in [0.15, 0.2) is 243 Å². The number of rotatable bonds is 10. The lowest BCUT2D eigenvalue weighted by Crippen LogP contribution is -2.31. The summed E-state index contributed by atoms with van der Waals surface area (Å²) in [5.74, 6) is -0.979. The number of ether oxygens (including phenoxy) is 2. The number of carbonyl (C=O) groups is 2. The minimum atomic E-state index is -1.15. The molecule has 1 aliphatic rings. The van der Waals surface area contributed by atoms with Gasteiger partial charge in [-0.25, -0.2) is 9.59 Å². The summed E-state index contributed by atoms with van der Waals surface area (Å²) in [6.45, 7) is 0. The molecule has 0 heterocycles. The number of hydrogen-bond acceptors (Lipinski definition) is 4. The third kappa shape index (κ3) is 7.69. The highest BCUT2D eigenvalue weighted by atomic mass is 31.1. The second-order valence-corrected chi connectivity index (χ2v) is 20.6. The van der Waals surface area contributed by atoms with Crippen molar-refractivity contribution >= 4 is 81.2 Å². The van der Waals surface area contributed by atoms with Gasteiger partial charge in [0, 0.05) is 11.1 Å². The van der Waals surface area contributed by atoms with Crippen molar-refractivity contribution in [2.24, 2.45) is 0 Å². The van der Waals surface area contributed by atoms with Crippen LogP contribution in [-0.4, -0.2) is 11.9 Å². The van der Waals surface area contributed by atoms with Gasteiger partial charge in [0.15, 0.2) is 12.2 Å². The summed E-state index contributed by atoms with van der Waals surface area (Å²) >= 11 is 0. The van der Waals surface area contributed by atoms with Crippen molar-refractivity contribution in [3.8, 4) is 11.1 Å². The molecule has 0 aromatic heterocycles. The van der Waals surface area contributed by atoms with E-state index in [9.17, 15) is 0 Å². The molecule has 0 unspecified atom stereocenters. The third-order valence-corrected chi connectivity index (χ3v) is 17.3. The molecule has 6 heteroatoms. The lowest BCUT2D eigenvalue weighted by molar-refractivity contribution is -0.0393. The molecule has 10 aromatic carbocycles. The molecule has 0 amide bonds. The molecular formula is C60H42O4P2. The molecule has 1 aliphatic carbocycles. The van der Waals surface area contributed by atoms with Gasteiger partial charge in [0.1, 0.15) is 0 Å². The Labute approximate surface area is 386 Å². The van der Waals surface area contributed by atoms with E-state index in [4.69, 9.17) is 9.47 Å². The minimum Gasteiger partial charge on any atom is -0.449 e. The van der Waals surface area contributed by atoms with Gasteiger partial charge >= 0.3 is 11.9 Å². The van der Waals surface area contributed by atoms with E-state index >= 15 is 9.59 Å². The van der Waals surface area contributed by atoms with Crippen LogP contribution in [0.5, 0.6) is 0 Å². The molecule has 4 nitrogen and oxygen atoms in total. The Morgan fingerprint density at radius 1 is 0.318 bits per heavy atom. The topological polar surface area (TPSA) is 52.6 Å². The largest absolute Gasteiger partial charge is 0.449 e. The summed E-state index contributed by atoms with van der Waals surface area (Å²) in [6.07, 6.45) is -2.00. The molecule has 2 atom stereocenters. The molecule has 0 N–H and O–H groups in total. The first-order valence-electron chi connectivity index (χ1n) is 22.1. The van der Waals surface area contributed by atoms with E-state index in [0.29, 0.717) is 11.1 Å². The Morgan fingerprint density at radius 3 is 0.985 bits per heavy atom. The van der Waals surface area contributed by atoms with Crippen molar-refractivity contribution in [2.75, 3.05) is 0 Å². The fourth-order valence-corrected chi connectivity index (χ4v) is 14.3. The number of carbonyl (C=O) groups excluding carboxylic acids is 2. The maximum Gasteiger partial charge on any atom is 0.339 e. The van der Waals surface area contributed by atoms with Crippen molar-refractivity contribution < 1.29 is 19.1 Å². The van der Waals surface area contributed by atoms with Crippen molar-refractivity contribution in [1.29, 1.82) is 0 Å². The average molecular weight is 889 g/mol. The standard InChI is InChI=1S/C60H42O4P2/c61-59(49-33-17-19-35-53(49)65(43-23-5-1-6-24-43)44-25-7-2-8-26-44)63-57-51-39-37-41-21-13-15-31-47(41)55(51)56-48-32-16-14-22-42(48)38-40-52(56)58(57)64-60(62)50-34-18-20-36-54(50)66(45-27-9-3-10-28-45)46-29-11-4-12-30-46/h1-40,57-58H/t57-,58-/m1/s1. The Bertz CT molecular complexity index is 3070. The van der Waals surface area contributed by atoms with Crippen molar-refractivity contribution in [2.45, 2.75) is 12.2 Å². The van der Waals surface area contributed by atoms with Gasteiger partial charge in [-0.3, -0.25) is 0 Å². The van der Waals surface area contributed by atoms with Gasteiger partial charge < -0.3 is 9.47 Å². The van der Waals surface area contributed by atoms with Gasteiger partial charge in [-0.2, -0.15) is 0 Å². The number of esters is 2. The van der Waals surface area contributed by atoms with Crippen LogP contribution < -0.4 is 31.8 Å². The molecule has 0 radical (unpaired) electrons. The van der Waals surface area contributed by atoms with Crippen LogP contribution in [-0.2, 0) is 9.47 Å². The number of fused-ring (bicyclic) bond motifs is 7. The fraction of sp³-hybridized carbons (Fsp3) is 0.0333. The quantitative estimate of drug-likeness (QED) is 0.101. The molecule has 66 heavy (non-hydrogen) atoms. The van der Waals surface area contributed by atoms with Crippen molar-refractivity contribution in [3.05, 3.63) is 265 Å². The molecule has 0 saturated carbocycles. The van der Waals surface area contributed by atoms with E-state index in [0.717, 1.165) is 75.6 Å². The van der Waals surface area contributed by atoms with Gasteiger partial charge in [0.25, 0.3) is 0 Å². The van der Waals surface area contributed by atoms with Gasteiger partial charge in [-0.15, -0.1) is 0 Å². The van der Waals surface area contributed by atoms with E-state index < -0.39 is 40.0 Å². The summed E-state index contributed by atoms with van der Waals surface area (Å²) in [5, 5.41) is 10.4. The van der Waals surface area contributed by atoms with Crippen LogP contribution in [0.4, 0.5) is 0 Å². The van der Waals surface area contributed by atoms with Crippen molar-refractivity contribution in [3.63, 3.8) is 0 Å². The van der Waals surface area contributed by atoms with Gasteiger partial charge in [0.2, 0.25) is 0 Å². The summed E-state index contributed by atoms with van der Waals surface area (Å²) in [5.41, 5.74) is 4.42. The monoisotopic (exact) mass is 888 g/mol. The third-order valence-electron chi connectivity index (χ3n) is 12.3. The molecule has 0 saturated heterocycles. The lowest BCUT2D eigenvalue weighted by atomic mass is 9.77. The summed E-state index contributed by atoms with van der Waals surface area (Å²) < 4.78 is 13.9. The Kier molecular flexibility index (Phi) is 11.4. The van der Waals surface area contributed by atoms with Gasteiger partial charge in [-0.1, -0.05) is 231 Å². The maximum atomic E-state index is 15.3. The van der Waals surface area contributed by atoms with E-state index in [1.165, 1.54) is 0 Å². The van der Waals surface area contributed by atoms with E-state index in [1.54, 1.807) is 0 Å². The summed E-state index contributed by atoms with van der Waals surface area (Å²) in [6, 6.07) is 81.8. The summed E-state index contributed by atoms with van der Waals surface area (Å²) in [4.78, 5) is 30.6. The molecule has 316 valence electrons. The predicted molar refractivity (Wildman–Crippen MR) is 273 cm³/mol. The molecule has 0 bridgehead atoms. The fourth-order valence-electron chi connectivity index (χ4n) is 9.39. The van der Waals surface area contributed by atoms with Crippen LogP contribution in [0.1, 0.15) is 44.1 Å². The average Bonchev–Trinajstić information content (AvgIpc) is 3.38. The zero-order chi connectivity index (χ0) is 44.4. The Balaban J connectivity index is 1.08. The predicted octanol–water partition coefficient (Wildman–Crippen LogP) is 12.0. The van der Waals surface area contributed by atoms with Crippen LogP contribution in [0.25, 0.3) is 32.7 Å². The van der Waals surface area contributed by atoms with Crippen LogP contribution in [0.2, 0.25) is 0 Å². The number of hydrogen-bond donors (Lipinski definition) is 0. The summed E-state index contributed by atoms with van der Waals surface area (Å²) in [7, 11) is -2.30. The number of benzene rings is 10. The minimum absolute atomic E-state index is 0.467. The zero-order valence-corrected chi connectivity index (χ0v) is 37.6. The molecule has 0 aliphatic heterocycles. The van der Waals surface area contributed by atoms with Crippen molar-refractivity contribution in [1.82, 2.24) is 0 Å². The maximum absolute atomic E-state index is 15.3. The molecule has 0 spiro atoms. The van der Waals surface area contributed by atoms with Crippen LogP contribution in [0.3, 0.4) is 0 Å². The normalized spacial score (nSPS) is 14.2. The molecular weight excluding hydrogens is 847 g/mol. The van der Waals surface area contributed by atoms with E-state index in [-0.39, 0.29) is 0 Å². The van der Waals surface area contributed by atoms with Gasteiger partial charge in [0.05, 0.1) is 11.1 Å². The first-order chi connectivity index (χ1) is 32.6. The molecule has 0 fully saturated rings. The Morgan fingerprint density at radius 2 is 0.621 bits per heavy atom. The smallest absolute Gasteiger partial charge is 0.339 e.